The van der Waals surface area contributed by atoms with E-state index in [0.717, 1.165) is 0 Å². The van der Waals surface area contributed by atoms with Crippen molar-refractivity contribution >= 4 is 43.2 Å². The maximum absolute atomic E-state index is 13.0. The Labute approximate surface area is 163 Å². The highest BCUT2D eigenvalue weighted by atomic mass is 79.9. The number of nitrogens with zero attached hydrogens (tertiary/aromatic N) is 2. The molecule has 2 fully saturated rings. The largest absolute Gasteiger partial charge is 0.444 e. The average Bonchev–Trinajstić information content (AvgIpc) is 3.36. The van der Waals surface area contributed by atoms with Crippen molar-refractivity contribution in [2.45, 2.75) is 22.8 Å². The van der Waals surface area contributed by atoms with Gasteiger partial charge in [-0.3, -0.25) is 4.79 Å². The van der Waals surface area contributed by atoms with Gasteiger partial charge in [0.1, 0.15) is 9.93 Å². The highest BCUT2D eigenvalue weighted by molar-refractivity contribution is 9.10. The van der Waals surface area contributed by atoms with Crippen LogP contribution in [0.2, 0.25) is 0 Å². The third-order valence-electron chi connectivity index (χ3n) is 4.78. The second kappa shape index (κ2) is 6.75. The number of thiophene rings is 1. The van der Waals surface area contributed by atoms with Crippen molar-refractivity contribution in [1.29, 1.82) is 0 Å². The minimum absolute atomic E-state index is 0.198. The molecule has 2 aromatic heterocycles. The number of rotatable bonds is 3. The summed E-state index contributed by atoms with van der Waals surface area (Å²) in [4.78, 5) is 14.2. The molecule has 26 heavy (non-hydrogen) atoms. The van der Waals surface area contributed by atoms with Crippen LogP contribution in [0.1, 0.15) is 23.4 Å². The summed E-state index contributed by atoms with van der Waals surface area (Å²) >= 11 is 4.39. The van der Waals surface area contributed by atoms with Crippen molar-refractivity contribution in [3.05, 3.63) is 40.1 Å². The first-order valence-corrected chi connectivity index (χ1v) is 11.3. The Balaban J connectivity index is 1.51. The van der Waals surface area contributed by atoms with Gasteiger partial charge < -0.3 is 14.1 Å². The number of sulfonamides is 1. The molecule has 2 aromatic rings. The van der Waals surface area contributed by atoms with Crippen LogP contribution in [-0.2, 0) is 14.8 Å². The van der Waals surface area contributed by atoms with Gasteiger partial charge in [-0.1, -0.05) is 6.07 Å². The zero-order valence-corrected chi connectivity index (χ0v) is 17.0. The average molecular weight is 461 g/mol. The number of carbonyl (C=O) groups excluding carboxylic acids is 1. The smallest absolute Gasteiger partial charge is 0.289 e. The molecule has 1 spiro atoms. The summed E-state index contributed by atoms with van der Waals surface area (Å²) in [6.07, 6.45) is 0.871. The van der Waals surface area contributed by atoms with E-state index in [9.17, 15) is 13.2 Å². The number of ether oxygens (including phenoxy) is 1. The predicted molar refractivity (Wildman–Crippen MR) is 98.4 cm³/mol. The standard InChI is InChI=1S/C16H17BrN2O5S2/c17-13-4-3-12(24-13)15(20)18-7-5-16(6-8-18)19(9-10-23-16)26(21,22)14-2-1-11-25-14/h1-4,11H,5-10H2. The molecular formula is C16H17BrN2O5S2. The molecule has 4 heterocycles. The number of amides is 1. The van der Waals surface area contributed by atoms with Gasteiger partial charge in [0.15, 0.2) is 10.4 Å². The maximum atomic E-state index is 13.0. The monoisotopic (exact) mass is 460 g/mol. The second-order valence-electron chi connectivity index (χ2n) is 6.20. The number of likely N-dealkylation sites (tertiary alicyclic amines) is 1. The van der Waals surface area contributed by atoms with Crippen LogP contribution in [0.5, 0.6) is 0 Å². The fourth-order valence-corrected chi connectivity index (χ4v) is 6.62. The van der Waals surface area contributed by atoms with E-state index in [1.807, 2.05) is 0 Å². The molecule has 0 aliphatic carbocycles. The van der Waals surface area contributed by atoms with Crippen molar-refractivity contribution in [3.8, 4) is 0 Å². The third kappa shape index (κ3) is 3.03. The molecule has 7 nitrogen and oxygen atoms in total. The van der Waals surface area contributed by atoms with Crippen LogP contribution in [0.3, 0.4) is 0 Å². The first-order chi connectivity index (χ1) is 12.4. The van der Waals surface area contributed by atoms with Crippen LogP contribution in [0.25, 0.3) is 0 Å². The number of halogens is 1. The van der Waals surface area contributed by atoms with Crippen LogP contribution in [0, 0.1) is 0 Å². The first kappa shape index (κ1) is 18.2. The van der Waals surface area contributed by atoms with E-state index in [-0.39, 0.29) is 11.7 Å². The molecule has 1 amide bonds. The van der Waals surface area contributed by atoms with Gasteiger partial charge >= 0.3 is 0 Å². The maximum Gasteiger partial charge on any atom is 0.289 e. The summed E-state index contributed by atoms with van der Waals surface area (Å²) in [5.41, 5.74) is -0.872. The second-order valence-corrected chi connectivity index (χ2v) is 10.0. The normalized spacial score (nSPS) is 20.7. The zero-order valence-electron chi connectivity index (χ0n) is 13.8. The molecular weight excluding hydrogens is 444 g/mol. The summed E-state index contributed by atoms with van der Waals surface area (Å²) in [6.45, 7) is 1.52. The van der Waals surface area contributed by atoms with Crippen LogP contribution < -0.4 is 0 Å². The van der Waals surface area contributed by atoms with Crippen molar-refractivity contribution in [1.82, 2.24) is 9.21 Å². The lowest BCUT2D eigenvalue weighted by Gasteiger charge is -2.42. The Morgan fingerprint density at radius 2 is 1.96 bits per heavy atom. The summed E-state index contributed by atoms with van der Waals surface area (Å²) in [7, 11) is -3.59. The van der Waals surface area contributed by atoms with E-state index in [0.29, 0.717) is 48.0 Å². The van der Waals surface area contributed by atoms with Gasteiger partial charge in [0.25, 0.3) is 15.9 Å². The third-order valence-corrected chi connectivity index (χ3v) is 8.52. The van der Waals surface area contributed by atoms with E-state index in [2.05, 4.69) is 15.9 Å². The lowest BCUT2D eigenvalue weighted by Crippen LogP contribution is -2.55. The molecule has 140 valence electrons. The molecule has 0 atom stereocenters. The molecule has 0 bridgehead atoms. The van der Waals surface area contributed by atoms with Crippen LogP contribution in [0.15, 0.2) is 42.9 Å². The quantitative estimate of drug-likeness (QED) is 0.703. The molecule has 0 N–H and O–H groups in total. The highest BCUT2D eigenvalue weighted by Gasteiger charge is 2.51. The molecule has 0 saturated carbocycles. The van der Waals surface area contributed by atoms with Gasteiger partial charge in [-0.2, -0.15) is 4.31 Å². The first-order valence-electron chi connectivity index (χ1n) is 8.17. The zero-order chi connectivity index (χ0) is 18.4. The van der Waals surface area contributed by atoms with Crippen molar-refractivity contribution in [3.63, 3.8) is 0 Å². The predicted octanol–water partition coefficient (Wildman–Crippen LogP) is 2.76. The molecule has 10 heteroatoms. The number of furan rings is 1. The molecule has 0 unspecified atom stereocenters. The van der Waals surface area contributed by atoms with Crippen molar-refractivity contribution in [2.75, 3.05) is 26.2 Å². The Kier molecular flexibility index (Phi) is 4.72. The van der Waals surface area contributed by atoms with E-state index in [1.165, 1.54) is 15.6 Å². The van der Waals surface area contributed by atoms with Gasteiger partial charge in [0, 0.05) is 32.5 Å². The van der Waals surface area contributed by atoms with Crippen LogP contribution in [0.4, 0.5) is 0 Å². The van der Waals surface area contributed by atoms with Crippen molar-refractivity contribution in [2.24, 2.45) is 0 Å². The van der Waals surface area contributed by atoms with Gasteiger partial charge in [0.2, 0.25) is 0 Å². The minimum atomic E-state index is -3.59. The molecule has 2 aliphatic heterocycles. The fourth-order valence-electron chi connectivity index (χ4n) is 3.49. The molecule has 2 saturated heterocycles. The Hall–Kier alpha value is -1.20. The van der Waals surface area contributed by atoms with E-state index in [1.54, 1.807) is 34.5 Å². The van der Waals surface area contributed by atoms with E-state index >= 15 is 0 Å². The highest BCUT2D eigenvalue weighted by Crippen LogP contribution is 2.39. The number of hydrogen-bond acceptors (Lipinski definition) is 6. The fraction of sp³-hybridized carbons (Fsp3) is 0.438. The minimum Gasteiger partial charge on any atom is -0.444 e. The topological polar surface area (TPSA) is 80.1 Å². The summed E-state index contributed by atoms with van der Waals surface area (Å²) in [5, 5.41) is 1.75. The Morgan fingerprint density at radius 3 is 2.58 bits per heavy atom. The molecule has 2 aliphatic rings. The Bertz CT molecular complexity index is 901. The van der Waals surface area contributed by atoms with Gasteiger partial charge in [-0.25, -0.2) is 8.42 Å². The van der Waals surface area contributed by atoms with E-state index < -0.39 is 15.7 Å². The van der Waals surface area contributed by atoms with Gasteiger partial charge in [-0.15, -0.1) is 11.3 Å². The molecule has 0 aromatic carbocycles. The number of hydrogen-bond donors (Lipinski definition) is 0. The lowest BCUT2D eigenvalue weighted by molar-refractivity contribution is -0.0858. The van der Waals surface area contributed by atoms with Crippen molar-refractivity contribution < 1.29 is 22.4 Å². The summed E-state index contributed by atoms with van der Waals surface area (Å²) in [5.74, 6) is 0.0689. The number of piperidine rings is 1. The van der Waals surface area contributed by atoms with E-state index in [4.69, 9.17) is 9.15 Å². The van der Waals surface area contributed by atoms with Gasteiger partial charge in [-0.05, 0) is 39.5 Å². The lowest BCUT2D eigenvalue weighted by atomic mass is 10.0. The Morgan fingerprint density at radius 1 is 1.19 bits per heavy atom. The van der Waals surface area contributed by atoms with Gasteiger partial charge in [0.05, 0.1) is 6.61 Å². The number of carbonyl (C=O) groups is 1. The van der Waals surface area contributed by atoms with Crippen LogP contribution >= 0.6 is 27.3 Å². The molecule has 4 rings (SSSR count). The summed E-state index contributed by atoms with van der Waals surface area (Å²) in [6, 6.07) is 6.63. The summed E-state index contributed by atoms with van der Waals surface area (Å²) < 4.78 is 39.4. The van der Waals surface area contributed by atoms with Crippen LogP contribution in [-0.4, -0.2) is 55.5 Å². The SMILES string of the molecule is O=C(c1ccc(Br)o1)N1CCC2(CC1)OCCN2S(=O)(=O)c1cccs1. The molecule has 0 radical (unpaired) electrons.